The van der Waals surface area contributed by atoms with Gasteiger partial charge in [0.05, 0.1) is 0 Å². The van der Waals surface area contributed by atoms with Crippen molar-refractivity contribution >= 4 is 0 Å². The largest absolute Gasteiger partial charge is 0.0651 e. The van der Waals surface area contributed by atoms with Gasteiger partial charge in [-0.3, -0.25) is 0 Å². The molecule has 2 unspecified atom stereocenters. The Kier molecular flexibility index (Phi) is 30.3. The highest BCUT2D eigenvalue weighted by Gasteiger charge is 2.31. The molecule has 0 saturated heterocycles. The van der Waals surface area contributed by atoms with E-state index in [1.54, 1.807) is 26.3 Å². The summed E-state index contributed by atoms with van der Waals surface area (Å²) in [5, 5.41) is 0. The van der Waals surface area contributed by atoms with E-state index in [0.717, 1.165) is 32.6 Å². The molecular weight excluding hydrogens is 1040 g/mol. The SMILES string of the molecule is CC(C)c1cccc(C(C)C)c1C(C)(C)C.Cc1cc(C)c(C(C)(C)C)c(C)c1.Cc1cccc(C)c1C(C)(C)C.[2H]C(C)(C(C)(C)C)C(C)(C)C.[2H]C(C)(C(C)C)C(C)(C)C.[2H]C([2H])([2H])C([2H])(C([2H])([2H])C)C(C)(C)C.[2H]C1(C(C)(C)C)CCCC1.[2H]C1(C(C)(C)C)CCCCC1. The summed E-state index contributed by atoms with van der Waals surface area (Å²) < 4.78 is 77.5. The van der Waals surface area contributed by atoms with E-state index < -0.39 is 24.5 Å². The third-order valence-corrected chi connectivity index (χ3v) is 17.9. The lowest BCUT2D eigenvalue weighted by atomic mass is 9.68. The summed E-state index contributed by atoms with van der Waals surface area (Å²) in [5.74, 6) is -1.41. The van der Waals surface area contributed by atoms with E-state index >= 15 is 0 Å². The second kappa shape index (κ2) is 37.4. The van der Waals surface area contributed by atoms with Crippen LogP contribution in [0, 0.1) is 102 Å². The van der Waals surface area contributed by atoms with Crippen LogP contribution in [0.25, 0.3) is 0 Å². The Labute approximate surface area is 566 Å². The summed E-state index contributed by atoms with van der Waals surface area (Å²) in [4.78, 5) is 0. The number of aryl methyl sites for hydroxylation is 5. The van der Waals surface area contributed by atoms with Crippen molar-refractivity contribution < 1.29 is 13.7 Å². The van der Waals surface area contributed by atoms with Crippen LogP contribution in [0.15, 0.2) is 48.5 Å². The van der Waals surface area contributed by atoms with E-state index in [9.17, 15) is 0 Å². The fraction of sp³-hybridized carbons (Fsp3) is 0.793. The Balaban J connectivity index is -0.00000105. The highest BCUT2D eigenvalue weighted by atomic mass is 14.4. The lowest BCUT2D eigenvalue weighted by Crippen LogP contribution is -2.29. The standard InChI is InChI=1S/C16H26.C13H20.C12H18.C10H20.C10H22.C9H18.C9H20.C8H18/c1-11(2)13-9-8-10-14(12(3)4)15(13)16(5,6)7;1-9-7-10(2)12(11(3)8-9)13(4,5)6;1-9-7-6-8-10(2)11(9)12(3,4)5;1-10(2,3)9-7-5-4-6-8-9;1-8(9(2,3)4)10(5,6)7;1-9(2,3)8-6-4-5-7-8;1-7(2)8(3)9(4,5)6;1-6-7(2)8(3,4)5/h8-12H,1-7H3;7-8H,1-6H3;6-8H,1-5H3;9H,4-8H2,1-3H3;8H,1-7H3;8H,4-7H2,1-3H3;7-8H,1-6H3;7H,6H2,1-5H3/i;;;9D;3*8D;2D3,6D2,7D. The molecule has 2 fully saturated rings. The van der Waals surface area contributed by atoms with Gasteiger partial charge in [0.1, 0.15) is 0 Å². The zero-order valence-corrected chi connectivity index (χ0v) is 66.7. The molecule has 3 aromatic rings. The molecule has 2 atom stereocenters. The van der Waals surface area contributed by atoms with Crippen molar-refractivity contribution in [3.63, 3.8) is 0 Å². The quantitative estimate of drug-likeness (QED) is 0.244. The molecule has 87 heavy (non-hydrogen) atoms. The molecule has 0 spiro atoms. The topological polar surface area (TPSA) is 0 Å². The van der Waals surface area contributed by atoms with Gasteiger partial charge in [0, 0.05) is 13.7 Å². The maximum absolute atomic E-state index is 8.27. The van der Waals surface area contributed by atoms with Gasteiger partial charge in [-0.15, -0.1) is 0 Å². The van der Waals surface area contributed by atoms with Gasteiger partial charge in [-0.25, -0.2) is 0 Å². The van der Waals surface area contributed by atoms with E-state index in [2.05, 4.69) is 291 Å². The molecule has 5 rings (SSSR count). The van der Waals surface area contributed by atoms with Crippen molar-refractivity contribution in [2.24, 2.45) is 67.9 Å². The highest BCUT2D eigenvalue weighted by molar-refractivity contribution is 5.44. The van der Waals surface area contributed by atoms with E-state index in [4.69, 9.17) is 13.7 Å². The number of hydrogen-bond acceptors (Lipinski definition) is 0. The molecule has 0 N–H and O–H groups in total. The van der Waals surface area contributed by atoms with Crippen molar-refractivity contribution in [2.45, 2.75) is 383 Å². The first-order valence-electron chi connectivity index (χ1n) is 39.6. The second-order valence-corrected chi connectivity index (χ2v) is 36.5. The van der Waals surface area contributed by atoms with Gasteiger partial charge in [-0.2, -0.15) is 0 Å². The molecule has 2 aliphatic carbocycles. The molecular formula is C87H162. The summed E-state index contributed by atoms with van der Waals surface area (Å²) in [6.07, 6.45) is 8.76. The average Bonchev–Trinajstić information content (AvgIpc) is 1.16. The van der Waals surface area contributed by atoms with Crippen LogP contribution in [0.4, 0.5) is 0 Å². The molecule has 0 aromatic heterocycles. The van der Waals surface area contributed by atoms with Crippen molar-refractivity contribution in [3.8, 4) is 0 Å². The molecule has 510 valence electrons. The van der Waals surface area contributed by atoms with Crippen LogP contribution in [-0.2, 0) is 16.2 Å². The average molecular weight is 1220 g/mol. The predicted octanol–water partition coefficient (Wildman–Crippen LogP) is 29.7. The zero-order chi connectivity index (χ0) is 78.5. The Morgan fingerprint density at radius 2 is 0.724 bits per heavy atom. The maximum Gasteiger partial charge on any atom is 0.0311 e. The Hall–Kier alpha value is -2.34. The first-order valence-corrected chi connectivity index (χ1v) is 34.6. The summed E-state index contributed by atoms with van der Waals surface area (Å²) >= 11 is 0. The Bertz CT molecular complexity index is 2620. The molecule has 3 aromatic carbocycles. The van der Waals surface area contributed by atoms with Gasteiger partial charge in [0.15, 0.2) is 0 Å². The third-order valence-electron chi connectivity index (χ3n) is 17.9. The van der Waals surface area contributed by atoms with Crippen LogP contribution < -0.4 is 0 Å². The van der Waals surface area contributed by atoms with E-state index in [1.165, 1.54) is 82.2 Å². The van der Waals surface area contributed by atoms with Crippen LogP contribution >= 0.6 is 0 Å². The molecule has 0 amide bonds. The molecule has 0 heterocycles. The van der Waals surface area contributed by atoms with Crippen LogP contribution in [0.1, 0.15) is 401 Å². The van der Waals surface area contributed by atoms with Crippen molar-refractivity contribution in [1.29, 1.82) is 0 Å². The fourth-order valence-electron chi connectivity index (χ4n) is 12.4. The first-order chi connectivity index (χ1) is 42.4. The van der Waals surface area contributed by atoms with Gasteiger partial charge in [0.25, 0.3) is 0 Å². The van der Waals surface area contributed by atoms with Gasteiger partial charge in [-0.1, -0.05) is 349 Å². The summed E-state index contributed by atoms with van der Waals surface area (Å²) in [6, 6.07) is 17.8. The molecule has 0 radical (unpaired) electrons. The normalized spacial score (nSPS) is 19.1. The monoisotopic (exact) mass is 1220 g/mol. The van der Waals surface area contributed by atoms with Gasteiger partial charge in [0.2, 0.25) is 0 Å². The van der Waals surface area contributed by atoms with Crippen molar-refractivity contribution in [2.75, 3.05) is 0 Å². The lowest BCUT2D eigenvalue weighted by molar-refractivity contribution is 0.121. The van der Waals surface area contributed by atoms with Gasteiger partial charge >= 0.3 is 0 Å². The lowest BCUT2D eigenvalue weighted by Gasteiger charge is -2.38. The minimum atomic E-state index is -2.64. The minimum absolute atomic E-state index is 0.0469. The number of hydrogen-bond donors (Lipinski definition) is 0. The van der Waals surface area contributed by atoms with E-state index in [-0.39, 0.29) is 66.9 Å². The molecule has 0 heteroatoms. The van der Waals surface area contributed by atoms with Gasteiger partial charge < -0.3 is 0 Å². The zero-order valence-electron chi connectivity index (χ0n) is 76.7. The van der Waals surface area contributed by atoms with Gasteiger partial charge in [-0.05, 0) is 206 Å². The number of benzene rings is 3. The number of rotatable bonds is 4. The van der Waals surface area contributed by atoms with Crippen molar-refractivity contribution in [1.82, 2.24) is 0 Å². The predicted molar refractivity (Wildman–Crippen MR) is 405 cm³/mol. The van der Waals surface area contributed by atoms with Crippen LogP contribution in [0.2, 0.25) is 0 Å². The molecule has 0 nitrogen and oxygen atoms in total. The van der Waals surface area contributed by atoms with Crippen molar-refractivity contribution in [3.05, 3.63) is 104 Å². The summed E-state index contributed by atoms with van der Waals surface area (Å²) in [6.45, 7) is 84.5. The van der Waals surface area contributed by atoms with E-state index in [1.807, 2.05) is 13.8 Å². The fourth-order valence-corrected chi connectivity index (χ4v) is 12.4. The second-order valence-electron chi connectivity index (χ2n) is 36.5. The Morgan fingerprint density at radius 3 is 0.897 bits per heavy atom. The molecule has 2 aliphatic rings. The summed E-state index contributed by atoms with van der Waals surface area (Å²) in [5.41, 5.74) is 15.0. The molecule has 0 bridgehead atoms. The molecule has 0 aliphatic heterocycles. The maximum atomic E-state index is 8.27. The van der Waals surface area contributed by atoms with Crippen LogP contribution in [0.3, 0.4) is 0 Å². The van der Waals surface area contributed by atoms with Crippen LogP contribution in [0.5, 0.6) is 0 Å². The highest BCUT2D eigenvalue weighted by Crippen LogP contribution is 2.42. The van der Waals surface area contributed by atoms with E-state index in [0.29, 0.717) is 17.8 Å². The smallest absolute Gasteiger partial charge is 0.0311 e. The first kappa shape index (κ1) is 70.5. The Morgan fingerprint density at radius 1 is 0.425 bits per heavy atom. The summed E-state index contributed by atoms with van der Waals surface area (Å²) in [7, 11) is 0. The molecule has 2 saturated carbocycles. The van der Waals surface area contributed by atoms with Crippen LogP contribution in [-0.4, -0.2) is 0 Å². The third kappa shape index (κ3) is 35.9. The minimum Gasteiger partial charge on any atom is -0.0651 e.